The fraction of sp³-hybridized carbons (Fsp3) is 0.357. The van der Waals surface area contributed by atoms with E-state index in [1.165, 1.54) is 6.92 Å². The highest BCUT2D eigenvalue weighted by atomic mass is 19.4. The molecule has 0 N–H and O–H groups in total. The molecule has 5 nitrogen and oxygen atoms in total. The van der Waals surface area contributed by atoms with E-state index >= 15 is 0 Å². The van der Waals surface area contributed by atoms with Crippen molar-refractivity contribution in [1.29, 1.82) is 0 Å². The van der Waals surface area contributed by atoms with E-state index in [9.17, 15) is 18.0 Å². The molecule has 0 saturated carbocycles. The van der Waals surface area contributed by atoms with Crippen LogP contribution < -0.4 is 0 Å². The highest BCUT2D eigenvalue weighted by molar-refractivity contribution is 5.65. The van der Waals surface area contributed by atoms with Gasteiger partial charge in [0, 0.05) is 13.1 Å². The zero-order valence-corrected chi connectivity index (χ0v) is 12.0. The van der Waals surface area contributed by atoms with Gasteiger partial charge in [0.15, 0.2) is 12.4 Å². The average molecular weight is 313 g/mol. The first-order chi connectivity index (χ1) is 10.3. The molecular formula is C14H14F3N3O2. The summed E-state index contributed by atoms with van der Waals surface area (Å²) in [5.41, 5.74) is 0.366. The van der Waals surface area contributed by atoms with Crippen molar-refractivity contribution in [2.75, 3.05) is 0 Å². The minimum absolute atomic E-state index is 0.135. The van der Waals surface area contributed by atoms with Crippen LogP contribution in [0.3, 0.4) is 0 Å². The van der Waals surface area contributed by atoms with E-state index in [-0.39, 0.29) is 5.69 Å². The Balaban J connectivity index is 2.41. The Hall–Kier alpha value is -2.38. The zero-order valence-electron chi connectivity index (χ0n) is 12.0. The monoisotopic (exact) mass is 313 g/mol. The summed E-state index contributed by atoms with van der Waals surface area (Å²) in [5, 5.41) is 3.45. The summed E-state index contributed by atoms with van der Waals surface area (Å²) in [6, 6.07) is 4.27. The lowest BCUT2D eigenvalue weighted by atomic mass is 10.2. The lowest BCUT2D eigenvalue weighted by Gasteiger charge is -2.07. The van der Waals surface area contributed by atoms with E-state index in [1.807, 2.05) is 6.92 Å². The summed E-state index contributed by atoms with van der Waals surface area (Å²) < 4.78 is 44.1. The van der Waals surface area contributed by atoms with Gasteiger partial charge in [-0.25, -0.2) is 4.68 Å². The van der Waals surface area contributed by atoms with E-state index in [4.69, 9.17) is 4.74 Å². The van der Waals surface area contributed by atoms with E-state index in [0.717, 1.165) is 22.7 Å². The van der Waals surface area contributed by atoms with Crippen molar-refractivity contribution in [2.45, 2.75) is 33.2 Å². The van der Waals surface area contributed by atoms with Crippen LogP contribution in [0.15, 0.2) is 24.4 Å². The molecule has 0 saturated heterocycles. The molecule has 22 heavy (non-hydrogen) atoms. The second kappa shape index (κ2) is 6.17. The molecule has 0 fully saturated rings. The van der Waals surface area contributed by atoms with Gasteiger partial charge in [-0.15, -0.1) is 0 Å². The lowest BCUT2D eigenvalue weighted by Crippen LogP contribution is -2.11. The summed E-state index contributed by atoms with van der Waals surface area (Å²) in [4.78, 5) is 15.0. The van der Waals surface area contributed by atoms with Gasteiger partial charge in [-0.3, -0.25) is 9.78 Å². The maximum Gasteiger partial charge on any atom is 0.435 e. The Morgan fingerprint density at radius 3 is 2.59 bits per heavy atom. The molecule has 0 spiro atoms. The van der Waals surface area contributed by atoms with Crippen molar-refractivity contribution >= 4 is 5.97 Å². The third kappa shape index (κ3) is 3.63. The van der Waals surface area contributed by atoms with Crippen LogP contribution in [0.25, 0.3) is 11.4 Å². The maximum absolute atomic E-state index is 12.8. The molecule has 8 heteroatoms. The van der Waals surface area contributed by atoms with Crippen LogP contribution in [0.1, 0.15) is 25.1 Å². The topological polar surface area (TPSA) is 57.0 Å². The van der Waals surface area contributed by atoms with Crippen molar-refractivity contribution in [3.63, 3.8) is 0 Å². The smallest absolute Gasteiger partial charge is 0.435 e. The molecule has 0 bridgehead atoms. The van der Waals surface area contributed by atoms with Crippen molar-refractivity contribution in [3.8, 4) is 11.4 Å². The maximum atomic E-state index is 12.8. The molecule has 2 heterocycles. The van der Waals surface area contributed by atoms with E-state index in [0.29, 0.717) is 5.69 Å². The fourth-order valence-electron chi connectivity index (χ4n) is 1.80. The number of rotatable bonds is 4. The van der Waals surface area contributed by atoms with Crippen molar-refractivity contribution in [1.82, 2.24) is 14.8 Å². The first-order valence-corrected chi connectivity index (χ1v) is 6.55. The van der Waals surface area contributed by atoms with Crippen LogP contribution in [0.4, 0.5) is 13.2 Å². The molecule has 0 atom stereocenters. The van der Waals surface area contributed by atoms with Gasteiger partial charge in [0.25, 0.3) is 0 Å². The molecule has 2 aromatic rings. The Labute approximate surface area is 124 Å². The Morgan fingerprint density at radius 1 is 1.36 bits per heavy atom. The van der Waals surface area contributed by atoms with Gasteiger partial charge in [0.2, 0.25) is 0 Å². The van der Waals surface area contributed by atoms with Crippen molar-refractivity contribution in [2.24, 2.45) is 0 Å². The zero-order chi connectivity index (χ0) is 16.3. The number of ether oxygens (including phenoxy) is 1. The fourth-order valence-corrected chi connectivity index (χ4v) is 1.80. The van der Waals surface area contributed by atoms with Gasteiger partial charge in [-0.2, -0.15) is 18.3 Å². The molecular weight excluding hydrogens is 299 g/mol. The largest absolute Gasteiger partial charge is 0.443 e. The summed E-state index contributed by atoms with van der Waals surface area (Å²) >= 11 is 0. The molecule has 0 aromatic carbocycles. The van der Waals surface area contributed by atoms with Crippen LogP contribution in [-0.2, 0) is 28.9 Å². The van der Waals surface area contributed by atoms with Crippen LogP contribution in [0.5, 0.6) is 0 Å². The Kier molecular flexibility index (Phi) is 4.48. The molecule has 0 radical (unpaired) electrons. The van der Waals surface area contributed by atoms with E-state index < -0.39 is 24.6 Å². The first kappa shape index (κ1) is 16.0. The molecule has 0 aliphatic carbocycles. The number of aryl methyl sites for hydroxylation is 1. The second-order valence-electron chi connectivity index (χ2n) is 4.58. The number of alkyl halides is 3. The molecule has 2 rings (SSSR count). The SMILES string of the molecule is CCc1ccc(-c2cc(C(F)(F)F)nn2COC(C)=O)nc1. The normalized spacial score (nSPS) is 11.5. The number of halogens is 3. The van der Waals surface area contributed by atoms with E-state index in [1.54, 1.807) is 18.3 Å². The number of hydrogen-bond acceptors (Lipinski definition) is 4. The van der Waals surface area contributed by atoms with Crippen LogP contribution in [-0.4, -0.2) is 20.7 Å². The van der Waals surface area contributed by atoms with Gasteiger partial charge in [-0.05, 0) is 24.1 Å². The molecule has 0 amide bonds. The standard InChI is InChI=1S/C14H14F3N3O2/c1-3-10-4-5-11(18-7-10)12-6-13(14(15,16)17)19-20(12)8-22-9(2)21/h4-7H,3,8H2,1-2H3. The van der Waals surface area contributed by atoms with Gasteiger partial charge in [0.05, 0.1) is 11.4 Å². The number of carbonyl (C=O) groups is 1. The van der Waals surface area contributed by atoms with Gasteiger partial charge >= 0.3 is 12.1 Å². The van der Waals surface area contributed by atoms with Crippen molar-refractivity contribution in [3.05, 3.63) is 35.7 Å². The van der Waals surface area contributed by atoms with Gasteiger partial charge < -0.3 is 4.74 Å². The molecule has 0 aliphatic heterocycles. The highest BCUT2D eigenvalue weighted by Crippen LogP contribution is 2.31. The highest BCUT2D eigenvalue weighted by Gasteiger charge is 2.35. The summed E-state index contributed by atoms with van der Waals surface area (Å²) in [7, 11) is 0. The number of nitrogens with zero attached hydrogens (tertiary/aromatic N) is 3. The predicted molar refractivity (Wildman–Crippen MR) is 71.6 cm³/mol. The van der Waals surface area contributed by atoms with E-state index in [2.05, 4.69) is 10.1 Å². The van der Waals surface area contributed by atoms with Crippen LogP contribution in [0, 0.1) is 0 Å². The van der Waals surface area contributed by atoms with Crippen LogP contribution in [0.2, 0.25) is 0 Å². The summed E-state index contributed by atoms with van der Waals surface area (Å²) in [6.45, 7) is 2.71. The minimum Gasteiger partial charge on any atom is -0.443 e. The predicted octanol–water partition coefficient (Wildman–Crippen LogP) is 3.05. The first-order valence-electron chi connectivity index (χ1n) is 6.55. The Morgan fingerprint density at radius 2 is 2.09 bits per heavy atom. The number of carbonyl (C=O) groups excluding carboxylic acids is 1. The molecule has 2 aromatic heterocycles. The number of hydrogen-bond donors (Lipinski definition) is 0. The quantitative estimate of drug-likeness (QED) is 0.814. The molecule has 0 unspecified atom stereocenters. The minimum atomic E-state index is -4.58. The summed E-state index contributed by atoms with van der Waals surface area (Å²) in [5.74, 6) is -0.607. The lowest BCUT2D eigenvalue weighted by molar-refractivity contribution is -0.145. The van der Waals surface area contributed by atoms with Crippen molar-refractivity contribution < 1.29 is 22.7 Å². The van der Waals surface area contributed by atoms with Gasteiger partial charge in [-0.1, -0.05) is 13.0 Å². The number of aromatic nitrogens is 3. The molecule has 0 aliphatic rings. The van der Waals surface area contributed by atoms with Gasteiger partial charge in [0.1, 0.15) is 0 Å². The Bertz CT molecular complexity index is 663. The third-order valence-electron chi connectivity index (χ3n) is 2.96. The number of pyridine rings is 1. The summed E-state index contributed by atoms with van der Waals surface area (Å²) in [6.07, 6.45) is -2.22. The molecule has 118 valence electrons. The third-order valence-corrected chi connectivity index (χ3v) is 2.96. The average Bonchev–Trinajstić information content (AvgIpc) is 2.89. The van der Waals surface area contributed by atoms with Crippen LogP contribution >= 0.6 is 0 Å². The number of esters is 1. The second-order valence-corrected chi connectivity index (χ2v) is 4.58.